The Hall–Kier alpha value is -2.38. The molecule has 0 bridgehead atoms. The molecule has 1 amide bonds. The Morgan fingerprint density at radius 3 is 2.74 bits per heavy atom. The predicted octanol–water partition coefficient (Wildman–Crippen LogP) is 4.89. The fourth-order valence-electron chi connectivity index (χ4n) is 2.54. The van der Waals surface area contributed by atoms with Crippen molar-refractivity contribution in [3.63, 3.8) is 0 Å². The minimum atomic E-state index is -0.158. The number of hydrogen-bond acceptors (Lipinski definition) is 6. The van der Waals surface area contributed by atoms with Crippen LogP contribution in [-0.4, -0.2) is 29.0 Å². The molecular weight excluding hydrogens is 378 g/mol. The molecule has 0 aliphatic carbocycles. The zero-order chi connectivity index (χ0) is 19.1. The minimum Gasteiger partial charge on any atom is -0.496 e. The number of aromatic nitrogens is 2. The van der Waals surface area contributed by atoms with Crippen LogP contribution in [0.5, 0.6) is 5.75 Å². The summed E-state index contributed by atoms with van der Waals surface area (Å²) in [5, 5.41) is 12.5. The summed E-state index contributed by atoms with van der Waals surface area (Å²) in [6.45, 7) is 2.13. The van der Waals surface area contributed by atoms with Crippen LogP contribution >= 0.6 is 23.1 Å². The molecule has 3 rings (SSSR count). The first-order valence-electron chi connectivity index (χ1n) is 8.68. The number of anilines is 1. The van der Waals surface area contributed by atoms with E-state index in [0.717, 1.165) is 33.4 Å². The second kappa shape index (κ2) is 9.53. The van der Waals surface area contributed by atoms with E-state index in [1.54, 1.807) is 18.9 Å². The van der Waals surface area contributed by atoms with Gasteiger partial charge in [0.2, 0.25) is 5.13 Å². The van der Waals surface area contributed by atoms with Crippen LogP contribution in [-0.2, 0) is 6.42 Å². The third-order valence-electron chi connectivity index (χ3n) is 3.81. The standard InChI is InChI=1S/C20H21N3O2S2/c1-3-12-26-17-11-7-5-9-15(17)19(24)21-20-23-22-18(27-20)13-14-8-4-6-10-16(14)25-2/h4-11H,3,12-13H2,1-2H3,(H,21,23,24). The lowest BCUT2D eigenvalue weighted by Gasteiger charge is -2.07. The van der Waals surface area contributed by atoms with Crippen molar-refractivity contribution in [3.05, 3.63) is 64.7 Å². The molecule has 1 N–H and O–H groups in total. The number of nitrogens with one attached hydrogen (secondary N) is 1. The number of hydrogen-bond donors (Lipinski definition) is 1. The number of amides is 1. The molecule has 0 saturated carbocycles. The number of ether oxygens (including phenoxy) is 1. The SMILES string of the molecule is CCCSc1ccccc1C(=O)Nc1nnc(Cc2ccccc2OC)s1. The Balaban J connectivity index is 1.70. The molecule has 5 nitrogen and oxygen atoms in total. The molecule has 0 fully saturated rings. The number of para-hydroxylation sites is 1. The molecule has 0 aliphatic rings. The zero-order valence-corrected chi connectivity index (χ0v) is 16.9. The molecular formula is C20H21N3O2S2. The van der Waals surface area contributed by atoms with Crippen LogP contribution in [0, 0.1) is 0 Å². The predicted molar refractivity (Wildman–Crippen MR) is 111 cm³/mol. The highest BCUT2D eigenvalue weighted by atomic mass is 32.2. The lowest BCUT2D eigenvalue weighted by Crippen LogP contribution is -2.12. The summed E-state index contributed by atoms with van der Waals surface area (Å²) in [5.41, 5.74) is 1.70. The Bertz CT molecular complexity index is 912. The fraction of sp³-hybridized carbons (Fsp3) is 0.250. The van der Waals surface area contributed by atoms with Crippen molar-refractivity contribution < 1.29 is 9.53 Å². The van der Waals surface area contributed by atoms with Gasteiger partial charge in [0.25, 0.3) is 5.91 Å². The Labute approximate surface area is 167 Å². The Morgan fingerprint density at radius 2 is 1.93 bits per heavy atom. The maximum absolute atomic E-state index is 12.7. The normalized spacial score (nSPS) is 10.6. The number of carbonyl (C=O) groups excluding carboxylic acids is 1. The average Bonchev–Trinajstić information content (AvgIpc) is 3.13. The van der Waals surface area contributed by atoms with Crippen molar-refractivity contribution in [1.82, 2.24) is 10.2 Å². The van der Waals surface area contributed by atoms with Gasteiger partial charge in [-0.15, -0.1) is 22.0 Å². The van der Waals surface area contributed by atoms with Crippen LogP contribution < -0.4 is 10.1 Å². The maximum Gasteiger partial charge on any atom is 0.258 e. The lowest BCUT2D eigenvalue weighted by atomic mass is 10.1. The smallest absolute Gasteiger partial charge is 0.258 e. The van der Waals surface area contributed by atoms with Gasteiger partial charge in [-0.25, -0.2) is 0 Å². The first kappa shape index (κ1) is 19.4. The van der Waals surface area contributed by atoms with E-state index in [9.17, 15) is 4.79 Å². The van der Waals surface area contributed by atoms with Crippen molar-refractivity contribution in [3.8, 4) is 5.75 Å². The zero-order valence-electron chi connectivity index (χ0n) is 15.3. The third kappa shape index (κ3) is 5.08. The van der Waals surface area contributed by atoms with Crippen LogP contribution in [0.2, 0.25) is 0 Å². The number of nitrogens with zero attached hydrogens (tertiary/aromatic N) is 2. The van der Waals surface area contributed by atoms with Crippen molar-refractivity contribution in [1.29, 1.82) is 0 Å². The largest absolute Gasteiger partial charge is 0.496 e. The summed E-state index contributed by atoms with van der Waals surface area (Å²) in [6.07, 6.45) is 1.67. The van der Waals surface area contributed by atoms with E-state index in [-0.39, 0.29) is 5.91 Å². The van der Waals surface area contributed by atoms with Crippen LogP contribution in [0.25, 0.3) is 0 Å². The first-order chi connectivity index (χ1) is 13.2. The van der Waals surface area contributed by atoms with Crippen molar-refractivity contribution in [2.75, 3.05) is 18.2 Å². The molecule has 2 aromatic carbocycles. The molecule has 1 heterocycles. The van der Waals surface area contributed by atoms with Crippen LogP contribution in [0.15, 0.2) is 53.4 Å². The highest BCUT2D eigenvalue weighted by Gasteiger charge is 2.14. The summed E-state index contributed by atoms with van der Waals surface area (Å²) >= 11 is 3.07. The maximum atomic E-state index is 12.7. The minimum absolute atomic E-state index is 0.158. The summed E-state index contributed by atoms with van der Waals surface area (Å²) < 4.78 is 5.38. The van der Waals surface area contributed by atoms with Crippen LogP contribution in [0.3, 0.4) is 0 Å². The van der Waals surface area contributed by atoms with Gasteiger partial charge in [-0.1, -0.05) is 48.6 Å². The monoisotopic (exact) mass is 399 g/mol. The van der Waals surface area contributed by atoms with E-state index < -0.39 is 0 Å². The molecule has 0 atom stereocenters. The second-order valence-corrected chi connectivity index (χ2v) is 7.99. The van der Waals surface area contributed by atoms with Crippen LogP contribution in [0.1, 0.15) is 34.3 Å². The molecule has 0 unspecified atom stereocenters. The highest BCUT2D eigenvalue weighted by Crippen LogP contribution is 2.26. The van der Waals surface area contributed by atoms with E-state index in [2.05, 4.69) is 22.4 Å². The molecule has 0 saturated heterocycles. The fourth-order valence-corrected chi connectivity index (χ4v) is 4.22. The van der Waals surface area contributed by atoms with E-state index in [1.165, 1.54) is 11.3 Å². The topological polar surface area (TPSA) is 64.1 Å². The number of rotatable bonds is 8. The number of methoxy groups -OCH3 is 1. The van der Waals surface area contributed by atoms with Gasteiger partial charge in [0.15, 0.2) is 0 Å². The van der Waals surface area contributed by atoms with Gasteiger partial charge in [-0.3, -0.25) is 10.1 Å². The molecule has 0 aliphatic heterocycles. The van der Waals surface area contributed by atoms with Gasteiger partial charge in [-0.05, 0) is 30.4 Å². The molecule has 3 aromatic rings. The van der Waals surface area contributed by atoms with Crippen molar-refractivity contribution >= 4 is 34.1 Å². The third-order valence-corrected chi connectivity index (χ3v) is 5.93. The summed E-state index contributed by atoms with van der Waals surface area (Å²) in [6, 6.07) is 15.5. The summed E-state index contributed by atoms with van der Waals surface area (Å²) in [4.78, 5) is 13.6. The van der Waals surface area contributed by atoms with Gasteiger partial charge in [0.05, 0.1) is 12.7 Å². The van der Waals surface area contributed by atoms with Gasteiger partial charge < -0.3 is 4.74 Å². The van der Waals surface area contributed by atoms with E-state index >= 15 is 0 Å². The number of benzene rings is 2. The van der Waals surface area contributed by atoms with Crippen molar-refractivity contribution in [2.24, 2.45) is 0 Å². The molecule has 140 valence electrons. The molecule has 1 aromatic heterocycles. The molecule has 7 heteroatoms. The molecule has 0 radical (unpaired) electrons. The summed E-state index contributed by atoms with van der Waals surface area (Å²) in [7, 11) is 1.65. The summed E-state index contributed by atoms with van der Waals surface area (Å²) in [5.74, 6) is 1.64. The van der Waals surface area contributed by atoms with Gasteiger partial charge >= 0.3 is 0 Å². The highest BCUT2D eigenvalue weighted by molar-refractivity contribution is 7.99. The van der Waals surface area contributed by atoms with Crippen molar-refractivity contribution in [2.45, 2.75) is 24.7 Å². The van der Waals surface area contributed by atoms with Gasteiger partial charge in [0, 0.05) is 16.9 Å². The Kier molecular flexibility index (Phi) is 6.84. The first-order valence-corrected chi connectivity index (χ1v) is 10.5. The van der Waals surface area contributed by atoms with Crippen LogP contribution in [0.4, 0.5) is 5.13 Å². The van der Waals surface area contributed by atoms with E-state index in [1.807, 2.05) is 48.5 Å². The molecule has 27 heavy (non-hydrogen) atoms. The second-order valence-electron chi connectivity index (χ2n) is 5.79. The van der Waals surface area contributed by atoms with E-state index in [0.29, 0.717) is 17.1 Å². The van der Waals surface area contributed by atoms with Gasteiger partial charge in [0.1, 0.15) is 10.8 Å². The average molecular weight is 400 g/mol. The quantitative estimate of drug-likeness (QED) is 0.546. The number of carbonyl (C=O) groups is 1. The van der Waals surface area contributed by atoms with E-state index in [4.69, 9.17) is 4.74 Å². The lowest BCUT2D eigenvalue weighted by molar-refractivity contribution is 0.102. The van der Waals surface area contributed by atoms with Gasteiger partial charge in [-0.2, -0.15) is 0 Å². The number of thioether (sulfide) groups is 1. The molecule has 0 spiro atoms. The Morgan fingerprint density at radius 1 is 1.15 bits per heavy atom.